The first-order valence-corrected chi connectivity index (χ1v) is 8.94. The first kappa shape index (κ1) is 17.0. The Morgan fingerprint density at radius 3 is 2.35 bits per heavy atom. The summed E-state index contributed by atoms with van der Waals surface area (Å²) in [6.07, 6.45) is 0.337. The summed E-state index contributed by atoms with van der Waals surface area (Å²) in [5.74, 6) is -1.63. The third-order valence-electron chi connectivity index (χ3n) is 5.67. The highest BCUT2D eigenvalue weighted by molar-refractivity contribution is 6.07. The molecule has 0 saturated carbocycles. The van der Waals surface area contributed by atoms with Crippen molar-refractivity contribution in [3.63, 3.8) is 0 Å². The second-order valence-corrected chi connectivity index (χ2v) is 7.34. The van der Waals surface area contributed by atoms with Crippen LogP contribution >= 0.6 is 0 Å². The summed E-state index contributed by atoms with van der Waals surface area (Å²) < 4.78 is 11.3. The number of imide groups is 1. The number of nitrogens with zero attached hydrogens (tertiary/aromatic N) is 1. The molecule has 1 aromatic carbocycles. The largest absolute Gasteiger partial charge is 0.481 e. The number of carbonyl (C=O) groups excluding carboxylic acids is 3. The number of aryl methyl sites for hydroxylation is 2. The molecule has 3 heterocycles. The van der Waals surface area contributed by atoms with Crippen LogP contribution in [-0.4, -0.2) is 41.0 Å². The monoisotopic (exact) mass is 358 g/mol. The topological polar surface area (TPSA) is 84.9 Å². The molecule has 7 nitrogen and oxygen atoms in total. The summed E-state index contributed by atoms with van der Waals surface area (Å²) in [5.41, 5.74) is 4.63. The maximum Gasteiger partial charge on any atom is 0.279 e. The van der Waals surface area contributed by atoms with Crippen LogP contribution in [0.3, 0.4) is 0 Å². The number of benzene rings is 1. The Kier molecular flexibility index (Phi) is 3.99. The Bertz CT molecular complexity index is 764. The molecule has 138 valence electrons. The molecule has 0 radical (unpaired) electrons. The Labute approximate surface area is 151 Å². The zero-order valence-corrected chi connectivity index (χ0v) is 15.0. The molecule has 0 aromatic heterocycles. The number of rotatable bonds is 4. The van der Waals surface area contributed by atoms with Crippen LogP contribution in [-0.2, 0) is 19.1 Å². The molecule has 0 unspecified atom stereocenters. The molecular weight excluding hydrogens is 336 g/mol. The summed E-state index contributed by atoms with van der Waals surface area (Å²) >= 11 is 0. The highest BCUT2D eigenvalue weighted by Gasteiger charge is 2.63. The van der Waals surface area contributed by atoms with Gasteiger partial charge in [-0.05, 0) is 56.9 Å². The minimum atomic E-state index is -0.842. The van der Waals surface area contributed by atoms with E-state index < -0.39 is 23.8 Å². The molecule has 3 fully saturated rings. The quantitative estimate of drug-likeness (QED) is 0.819. The minimum Gasteiger partial charge on any atom is -0.481 e. The lowest BCUT2D eigenvalue weighted by Gasteiger charge is -2.21. The van der Waals surface area contributed by atoms with Crippen LogP contribution in [0.25, 0.3) is 0 Å². The number of amides is 3. The number of hydrogen-bond acceptors (Lipinski definition) is 5. The number of fused-ring (bicyclic) bond motifs is 5. The smallest absolute Gasteiger partial charge is 0.279 e. The fraction of sp³-hybridized carbons (Fsp3) is 0.526. The van der Waals surface area contributed by atoms with Crippen molar-refractivity contribution in [3.05, 3.63) is 29.3 Å². The molecule has 3 aliphatic rings. The van der Waals surface area contributed by atoms with Crippen LogP contribution in [0, 0.1) is 25.7 Å². The van der Waals surface area contributed by atoms with E-state index in [1.807, 2.05) is 26.0 Å². The second-order valence-electron chi connectivity index (χ2n) is 7.34. The zero-order valence-electron chi connectivity index (χ0n) is 15.0. The normalized spacial score (nSPS) is 30.5. The highest BCUT2D eigenvalue weighted by atomic mass is 16.5. The molecule has 0 aliphatic carbocycles. The summed E-state index contributed by atoms with van der Waals surface area (Å²) in [6, 6.07) is 5.56. The Morgan fingerprint density at radius 1 is 1.15 bits per heavy atom. The van der Waals surface area contributed by atoms with E-state index in [1.165, 1.54) is 0 Å². The van der Waals surface area contributed by atoms with Gasteiger partial charge in [-0.25, -0.2) is 0 Å². The van der Waals surface area contributed by atoms with E-state index in [0.717, 1.165) is 29.0 Å². The van der Waals surface area contributed by atoms with Crippen LogP contribution in [0.5, 0.6) is 5.75 Å². The molecule has 3 saturated heterocycles. The van der Waals surface area contributed by atoms with Gasteiger partial charge >= 0.3 is 0 Å². The average molecular weight is 358 g/mol. The number of ether oxygens (including phenoxy) is 2. The molecule has 3 aliphatic heterocycles. The van der Waals surface area contributed by atoms with Crippen LogP contribution < -0.4 is 10.2 Å². The molecule has 1 N–H and O–H groups in total. The van der Waals surface area contributed by atoms with Crippen LogP contribution in [0.1, 0.15) is 30.9 Å². The lowest BCUT2D eigenvalue weighted by molar-refractivity contribution is -0.153. The molecule has 1 aromatic rings. The zero-order chi connectivity index (χ0) is 18.6. The van der Waals surface area contributed by atoms with E-state index in [9.17, 15) is 14.4 Å². The fourth-order valence-electron chi connectivity index (χ4n) is 4.07. The third-order valence-corrected chi connectivity index (χ3v) is 5.67. The van der Waals surface area contributed by atoms with Gasteiger partial charge in [0.15, 0.2) is 6.10 Å². The van der Waals surface area contributed by atoms with Crippen molar-refractivity contribution >= 4 is 17.7 Å². The van der Waals surface area contributed by atoms with Crippen LogP contribution in [0.2, 0.25) is 0 Å². The molecule has 26 heavy (non-hydrogen) atoms. The lowest BCUT2D eigenvalue weighted by atomic mass is 9.81. The SMILES string of the molecule is Cc1ccc(O[C@@H](C)C(=O)NN2C(=O)[C@@H]3[C@H](C2=O)[C@@H]2CC[C@@H]3O2)cc1C. The number of hydrazine groups is 1. The summed E-state index contributed by atoms with van der Waals surface area (Å²) in [5, 5.41) is 0.867. The molecule has 4 rings (SSSR count). The number of carbonyl (C=O) groups is 3. The fourth-order valence-corrected chi connectivity index (χ4v) is 4.07. The molecule has 3 amide bonds. The van der Waals surface area contributed by atoms with Gasteiger partial charge in [-0.15, -0.1) is 0 Å². The lowest BCUT2D eigenvalue weighted by Crippen LogP contribution is -2.51. The number of nitrogens with one attached hydrogen (secondary N) is 1. The van der Waals surface area contributed by atoms with Crippen molar-refractivity contribution in [2.45, 2.75) is 51.9 Å². The Balaban J connectivity index is 1.42. The first-order chi connectivity index (χ1) is 12.4. The predicted octanol–water partition coefficient (Wildman–Crippen LogP) is 1.26. The van der Waals surface area contributed by atoms with Crippen molar-refractivity contribution in [3.8, 4) is 5.75 Å². The van der Waals surface area contributed by atoms with Gasteiger partial charge < -0.3 is 9.47 Å². The van der Waals surface area contributed by atoms with Crippen molar-refractivity contribution in [2.75, 3.05) is 0 Å². The van der Waals surface area contributed by atoms with Gasteiger partial charge in [0.05, 0.1) is 24.0 Å². The van der Waals surface area contributed by atoms with E-state index in [1.54, 1.807) is 13.0 Å². The van der Waals surface area contributed by atoms with Crippen molar-refractivity contribution < 1.29 is 23.9 Å². The maximum atomic E-state index is 12.6. The Morgan fingerprint density at radius 2 is 1.77 bits per heavy atom. The maximum absolute atomic E-state index is 12.6. The molecule has 5 atom stereocenters. The molecule has 7 heteroatoms. The van der Waals surface area contributed by atoms with E-state index in [-0.39, 0.29) is 24.0 Å². The minimum absolute atomic E-state index is 0.201. The van der Waals surface area contributed by atoms with Crippen LogP contribution in [0.4, 0.5) is 0 Å². The molecule has 2 bridgehead atoms. The first-order valence-electron chi connectivity index (χ1n) is 8.94. The summed E-state index contributed by atoms with van der Waals surface area (Å²) in [7, 11) is 0. The van der Waals surface area contributed by atoms with Crippen molar-refractivity contribution in [2.24, 2.45) is 11.8 Å². The van der Waals surface area contributed by atoms with Crippen LogP contribution in [0.15, 0.2) is 18.2 Å². The average Bonchev–Trinajstić information content (AvgIpc) is 3.28. The predicted molar refractivity (Wildman–Crippen MR) is 90.9 cm³/mol. The Hall–Kier alpha value is -2.41. The molecule has 0 spiro atoms. The van der Waals surface area contributed by atoms with E-state index >= 15 is 0 Å². The van der Waals surface area contributed by atoms with Gasteiger partial charge in [-0.2, -0.15) is 5.01 Å². The van der Waals surface area contributed by atoms with Gasteiger partial charge in [0.1, 0.15) is 5.75 Å². The second kappa shape index (κ2) is 6.09. The molecular formula is C19H22N2O5. The van der Waals surface area contributed by atoms with Gasteiger partial charge in [0.25, 0.3) is 17.7 Å². The van der Waals surface area contributed by atoms with Crippen molar-refractivity contribution in [1.29, 1.82) is 0 Å². The van der Waals surface area contributed by atoms with Gasteiger partial charge in [0, 0.05) is 0 Å². The highest BCUT2D eigenvalue weighted by Crippen LogP contribution is 2.48. The standard InChI is InChI=1S/C19H22N2O5/c1-9-4-5-12(8-10(9)2)25-11(3)17(22)20-21-18(23)15-13-6-7-14(26-13)16(15)19(21)24/h4-5,8,11,13-16H,6-7H2,1-3H3,(H,20,22)/t11-,13-,14-,15-,16+/m0/s1. The van der Waals surface area contributed by atoms with Gasteiger partial charge in [0.2, 0.25) is 0 Å². The summed E-state index contributed by atoms with van der Waals surface area (Å²) in [6.45, 7) is 5.54. The van der Waals surface area contributed by atoms with E-state index in [0.29, 0.717) is 5.75 Å². The van der Waals surface area contributed by atoms with Gasteiger partial charge in [-0.1, -0.05) is 6.07 Å². The third kappa shape index (κ3) is 2.58. The van der Waals surface area contributed by atoms with Crippen molar-refractivity contribution in [1.82, 2.24) is 10.4 Å². The van der Waals surface area contributed by atoms with E-state index in [4.69, 9.17) is 9.47 Å². The van der Waals surface area contributed by atoms with E-state index in [2.05, 4.69) is 5.43 Å². The van der Waals surface area contributed by atoms with Gasteiger partial charge in [-0.3, -0.25) is 19.8 Å². The number of hydrogen-bond donors (Lipinski definition) is 1. The summed E-state index contributed by atoms with van der Waals surface area (Å²) in [4.78, 5) is 37.5.